The number of aryl methyl sites for hydroxylation is 1. The fourth-order valence-electron chi connectivity index (χ4n) is 3.65. The smallest absolute Gasteiger partial charge is 0.0712 e. The first kappa shape index (κ1) is 14.2. The van der Waals surface area contributed by atoms with Gasteiger partial charge in [0.15, 0.2) is 0 Å². The second-order valence-corrected chi connectivity index (χ2v) is 6.55. The van der Waals surface area contributed by atoms with E-state index in [9.17, 15) is 0 Å². The number of benzene rings is 4. The molecule has 0 amide bonds. The first-order valence-corrected chi connectivity index (χ1v) is 8.58. The van der Waals surface area contributed by atoms with Gasteiger partial charge in [0.25, 0.3) is 0 Å². The summed E-state index contributed by atoms with van der Waals surface area (Å²) in [6.45, 7) is 2.19. The van der Waals surface area contributed by atoms with Crippen LogP contribution < -0.4 is 0 Å². The maximum Gasteiger partial charge on any atom is 0.0712 e. The summed E-state index contributed by atoms with van der Waals surface area (Å²) >= 11 is 0. The number of rotatable bonds is 1. The SMILES string of the molecule is Cc1c2ccccc2nc2ccc(-c3ccc4ccccc4c3)cc12. The normalized spacial score (nSPS) is 11.4. The molecule has 0 radical (unpaired) electrons. The van der Waals surface area contributed by atoms with E-state index in [1.165, 1.54) is 38.2 Å². The van der Waals surface area contributed by atoms with Gasteiger partial charge in [-0.25, -0.2) is 4.98 Å². The van der Waals surface area contributed by atoms with E-state index >= 15 is 0 Å². The molecule has 118 valence electrons. The molecular weight excluding hydrogens is 302 g/mol. The molecule has 25 heavy (non-hydrogen) atoms. The Morgan fingerprint density at radius 3 is 2.16 bits per heavy atom. The van der Waals surface area contributed by atoms with Crippen molar-refractivity contribution in [3.8, 4) is 11.1 Å². The van der Waals surface area contributed by atoms with Crippen LogP contribution in [0.3, 0.4) is 0 Å². The molecule has 0 saturated heterocycles. The first-order chi connectivity index (χ1) is 12.3. The highest BCUT2D eigenvalue weighted by molar-refractivity contribution is 5.99. The fraction of sp³-hybridized carbons (Fsp3) is 0.0417. The predicted octanol–water partition coefficient (Wildman–Crippen LogP) is 6.52. The van der Waals surface area contributed by atoms with Gasteiger partial charge >= 0.3 is 0 Å². The zero-order valence-corrected chi connectivity index (χ0v) is 14.0. The molecule has 1 heteroatoms. The summed E-state index contributed by atoms with van der Waals surface area (Å²) in [5.41, 5.74) is 5.89. The van der Waals surface area contributed by atoms with Crippen molar-refractivity contribution in [2.75, 3.05) is 0 Å². The summed E-state index contributed by atoms with van der Waals surface area (Å²) in [5.74, 6) is 0. The lowest BCUT2D eigenvalue weighted by atomic mass is 9.97. The van der Waals surface area contributed by atoms with E-state index in [0.29, 0.717) is 0 Å². The van der Waals surface area contributed by atoms with Gasteiger partial charge < -0.3 is 0 Å². The van der Waals surface area contributed by atoms with Crippen molar-refractivity contribution in [1.82, 2.24) is 4.98 Å². The Balaban J connectivity index is 1.75. The number of nitrogens with zero attached hydrogens (tertiary/aromatic N) is 1. The average Bonchev–Trinajstić information content (AvgIpc) is 2.68. The first-order valence-electron chi connectivity index (χ1n) is 8.58. The van der Waals surface area contributed by atoms with Crippen molar-refractivity contribution >= 4 is 32.6 Å². The van der Waals surface area contributed by atoms with Crippen molar-refractivity contribution in [1.29, 1.82) is 0 Å². The van der Waals surface area contributed by atoms with Crippen LogP contribution in [0.2, 0.25) is 0 Å². The zero-order valence-electron chi connectivity index (χ0n) is 14.0. The molecule has 0 fully saturated rings. The molecule has 5 rings (SSSR count). The van der Waals surface area contributed by atoms with E-state index in [0.717, 1.165) is 11.0 Å². The third kappa shape index (κ3) is 2.28. The largest absolute Gasteiger partial charge is 0.248 e. The molecule has 0 atom stereocenters. The molecule has 1 aromatic heterocycles. The minimum atomic E-state index is 1.06. The number of fused-ring (bicyclic) bond motifs is 3. The van der Waals surface area contributed by atoms with Crippen LogP contribution in [0.4, 0.5) is 0 Å². The average molecular weight is 319 g/mol. The number of para-hydroxylation sites is 1. The predicted molar refractivity (Wildman–Crippen MR) is 107 cm³/mol. The van der Waals surface area contributed by atoms with Gasteiger partial charge in [0.2, 0.25) is 0 Å². The topological polar surface area (TPSA) is 12.9 Å². The molecule has 0 unspecified atom stereocenters. The van der Waals surface area contributed by atoms with Crippen LogP contribution in [0.25, 0.3) is 43.7 Å². The number of hydrogen-bond donors (Lipinski definition) is 0. The van der Waals surface area contributed by atoms with Crippen molar-refractivity contribution in [2.45, 2.75) is 6.92 Å². The maximum absolute atomic E-state index is 4.82. The molecule has 0 N–H and O–H groups in total. The third-order valence-electron chi connectivity index (χ3n) is 5.03. The standard InChI is InChI=1S/C24H17N/c1-16-21-8-4-5-9-23(21)25-24-13-12-20(15-22(16)24)19-11-10-17-6-2-3-7-18(17)14-19/h2-15H,1H3. The Morgan fingerprint density at radius 1 is 0.560 bits per heavy atom. The van der Waals surface area contributed by atoms with E-state index in [-0.39, 0.29) is 0 Å². The molecule has 1 heterocycles. The number of aromatic nitrogens is 1. The highest BCUT2D eigenvalue weighted by Crippen LogP contribution is 2.30. The number of hydrogen-bond acceptors (Lipinski definition) is 1. The van der Waals surface area contributed by atoms with Crippen LogP contribution in [0.1, 0.15) is 5.56 Å². The van der Waals surface area contributed by atoms with Gasteiger partial charge in [0.05, 0.1) is 11.0 Å². The van der Waals surface area contributed by atoms with Gasteiger partial charge in [0, 0.05) is 10.8 Å². The van der Waals surface area contributed by atoms with Crippen LogP contribution >= 0.6 is 0 Å². The van der Waals surface area contributed by atoms with Crippen LogP contribution in [0, 0.1) is 6.92 Å². The summed E-state index contributed by atoms with van der Waals surface area (Å²) in [6.07, 6.45) is 0. The zero-order chi connectivity index (χ0) is 16.8. The Morgan fingerprint density at radius 2 is 1.24 bits per heavy atom. The van der Waals surface area contributed by atoms with Crippen molar-refractivity contribution in [3.05, 3.63) is 90.5 Å². The summed E-state index contributed by atoms with van der Waals surface area (Å²) in [5, 5.41) is 5.00. The minimum Gasteiger partial charge on any atom is -0.248 e. The molecular formula is C24H17N. The quantitative estimate of drug-likeness (QED) is 0.321. The van der Waals surface area contributed by atoms with E-state index in [1.807, 2.05) is 6.07 Å². The van der Waals surface area contributed by atoms with Crippen LogP contribution in [0.5, 0.6) is 0 Å². The van der Waals surface area contributed by atoms with Gasteiger partial charge in [-0.3, -0.25) is 0 Å². The van der Waals surface area contributed by atoms with Gasteiger partial charge in [0.1, 0.15) is 0 Å². The lowest BCUT2D eigenvalue weighted by Crippen LogP contribution is -1.88. The molecule has 1 nitrogen and oxygen atoms in total. The maximum atomic E-state index is 4.82. The molecule has 0 spiro atoms. The molecule has 0 aliphatic rings. The summed E-state index contributed by atoms with van der Waals surface area (Å²) in [6, 6.07) is 30.1. The van der Waals surface area contributed by atoms with Gasteiger partial charge in [-0.1, -0.05) is 60.7 Å². The lowest BCUT2D eigenvalue weighted by Gasteiger charge is -2.10. The monoisotopic (exact) mass is 319 g/mol. The molecule has 0 aliphatic carbocycles. The third-order valence-corrected chi connectivity index (χ3v) is 5.03. The Kier molecular flexibility index (Phi) is 3.07. The van der Waals surface area contributed by atoms with E-state index in [4.69, 9.17) is 4.98 Å². The second-order valence-electron chi connectivity index (χ2n) is 6.55. The van der Waals surface area contributed by atoms with Gasteiger partial charge in [-0.05, 0) is 58.7 Å². The fourth-order valence-corrected chi connectivity index (χ4v) is 3.65. The van der Waals surface area contributed by atoms with Crippen molar-refractivity contribution in [2.24, 2.45) is 0 Å². The minimum absolute atomic E-state index is 1.06. The van der Waals surface area contributed by atoms with Gasteiger partial charge in [-0.2, -0.15) is 0 Å². The summed E-state index contributed by atoms with van der Waals surface area (Å²) < 4.78 is 0. The van der Waals surface area contributed by atoms with E-state index in [2.05, 4.69) is 85.8 Å². The van der Waals surface area contributed by atoms with Crippen LogP contribution in [-0.4, -0.2) is 4.98 Å². The van der Waals surface area contributed by atoms with E-state index < -0.39 is 0 Å². The summed E-state index contributed by atoms with van der Waals surface area (Å²) in [4.78, 5) is 4.82. The van der Waals surface area contributed by atoms with Crippen LogP contribution in [-0.2, 0) is 0 Å². The van der Waals surface area contributed by atoms with Crippen LogP contribution in [0.15, 0.2) is 84.9 Å². The Bertz CT molecular complexity index is 1250. The highest BCUT2D eigenvalue weighted by atomic mass is 14.7. The lowest BCUT2D eigenvalue weighted by molar-refractivity contribution is 1.45. The van der Waals surface area contributed by atoms with Gasteiger partial charge in [-0.15, -0.1) is 0 Å². The number of pyridine rings is 1. The molecule has 0 saturated carbocycles. The Hall–Kier alpha value is -3.19. The molecule has 0 aliphatic heterocycles. The van der Waals surface area contributed by atoms with Crippen molar-refractivity contribution < 1.29 is 0 Å². The molecule has 5 aromatic rings. The molecule has 4 aromatic carbocycles. The van der Waals surface area contributed by atoms with Crippen molar-refractivity contribution in [3.63, 3.8) is 0 Å². The highest BCUT2D eigenvalue weighted by Gasteiger charge is 2.07. The Labute approximate surface area is 146 Å². The molecule has 0 bridgehead atoms. The van der Waals surface area contributed by atoms with E-state index in [1.54, 1.807) is 0 Å². The second kappa shape index (κ2) is 5.42. The summed E-state index contributed by atoms with van der Waals surface area (Å²) in [7, 11) is 0.